The van der Waals surface area contributed by atoms with Crippen LogP contribution in [-0.4, -0.2) is 34.2 Å². The molecule has 4 aromatic rings. The van der Waals surface area contributed by atoms with E-state index in [1.807, 2.05) is 18.2 Å². The summed E-state index contributed by atoms with van der Waals surface area (Å²) in [7, 11) is 0. The standard InChI is InChI=1S/C26H21F3N4O3/c27-26(28,29)20-12-18(4-6-22(20)36-10-9-34)33-24(35)8-3-17-14-31-21-5-1-15(11-19(21)25(17)33)16-2-7-23(30)32-13-16/h1-2,4-7,11-14,34H,3,8-10H2,(H2,30,32). The van der Waals surface area contributed by atoms with E-state index in [-0.39, 0.29) is 24.6 Å². The minimum Gasteiger partial charge on any atom is -0.491 e. The number of nitrogens with two attached hydrogens (primary N) is 1. The van der Waals surface area contributed by atoms with Crippen molar-refractivity contribution in [2.75, 3.05) is 23.8 Å². The Kier molecular flexibility index (Phi) is 5.97. The fraction of sp³-hybridized carbons (Fsp3) is 0.192. The number of rotatable bonds is 5. The average Bonchev–Trinajstić information content (AvgIpc) is 2.87. The first-order chi connectivity index (χ1) is 17.3. The summed E-state index contributed by atoms with van der Waals surface area (Å²) in [5, 5.41) is 9.60. The van der Waals surface area contributed by atoms with Gasteiger partial charge in [0.1, 0.15) is 18.2 Å². The molecule has 0 unspecified atom stereocenters. The number of aromatic nitrogens is 2. The number of nitrogen functional groups attached to an aromatic ring is 1. The van der Waals surface area contributed by atoms with E-state index in [1.165, 1.54) is 17.0 Å². The second-order valence-corrected chi connectivity index (χ2v) is 8.32. The number of ether oxygens (including phenoxy) is 1. The van der Waals surface area contributed by atoms with Crippen LogP contribution in [0, 0.1) is 0 Å². The Labute approximate surface area is 204 Å². The van der Waals surface area contributed by atoms with Gasteiger partial charge in [-0.1, -0.05) is 6.07 Å². The number of aliphatic hydroxyl groups is 1. The zero-order valence-corrected chi connectivity index (χ0v) is 18.9. The number of pyridine rings is 2. The van der Waals surface area contributed by atoms with Crippen molar-refractivity contribution in [1.29, 1.82) is 0 Å². The minimum atomic E-state index is -4.72. The molecule has 10 heteroatoms. The largest absolute Gasteiger partial charge is 0.491 e. The van der Waals surface area contributed by atoms with E-state index >= 15 is 0 Å². The van der Waals surface area contributed by atoms with Crippen molar-refractivity contribution in [3.05, 3.63) is 72.1 Å². The van der Waals surface area contributed by atoms with E-state index in [0.717, 1.165) is 22.8 Å². The summed E-state index contributed by atoms with van der Waals surface area (Å²) in [6.45, 7) is -0.713. The number of carbonyl (C=O) groups is 1. The number of aryl methyl sites for hydroxylation is 1. The SMILES string of the molecule is Nc1ccc(-c2ccc3ncc4c(c3c2)N(c2ccc(OCCO)c(C(F)(F)F)c2)C(=O)CC4)cn1. The van der Waals surface area contributed by atoms with Gasteiger partial charge in [0.05, 0.1) is 23.4 Å². The molecule has 0 atom stereocenters. The molecule has 0 radical (unpaired) electrons. The van der Waals surface area contributed by atoms with Crippen LogP contribution in [0.25, 0.3) is 22.0 Å². The molecular formula is C26H21F3N4O3. The van der Waals surface area contributed by atoms with Crippen LogP contribution in [-0.2, 0) is 17.4 Å². The van der Waals surface area contributed by atoms with Crippen LogP contribution in [0.1, 0.15) is 17.5 Å². The van der Waals surface area contributed by atoms with E-state index in [2.05, 4.69) is 9.97 Å². The number of carbonyl (C=O) groups excluding carboxylic acids is 1. The maximum Gasteiger partial charge on any atom is 0.420 e. The molecular weight excluding hydrogens is 473 g/mol. The molecule has 3 N–H and O–H groups in total. The van der Waals surface area contributed by atoms with Gasteiger partial charge in [-0.25, -0.2) is 4.98 Å². The Balaban J connectivity index is 1.69. The highest BCUT2D eigenvalue weighted by Crippen LogP contribution is 2.44. The fourth-order valence-electron chi connectivity index (χ4n) is 4.33. The van der Waals surface area contributed by atoms with Crippen molar-refractivity contribution in [3.8, 4) is 16.9 Å². The molecule has 5 rings (SSSR count). The van der Waals surface area contributed by atoms with Crippen LogP contribution in [0.4, 0.5) is 30.4 Å². The molecule has 1 amide bonds. The van der Waals surface area contributed by atoms with Gasteiger partial charge in [0.15, 0.2) is 0 Å². The second kappa shape index (κ2) is 9.12. The Bertz CT molecular complexity index is 1460. The van der Waals surface area contributed by atoms with E-state index in [9.17, 15) is 18.0 Å². The first-order valence-corrected chi connectivity index (χ1v) is 11.2. The van der Waals surface area contributed by atoms with Crippen molar-refractivity contribution in [3.63, 3.8) is 0 Å². The number of anilines is 3. The molecule has 0 spiro atoms. The molecule has 1 aliphatic heterocycles. The van der Waals surface area contributed by atoms with Crippen molar-refractivity contribution in [2.24, 2.45) is 0 Å². The van der Waals surface area contributed by atoms with Gasteiger partial charge in [0.25, 0.3) is 0 Å². The first-order valence-electron chi connectivity index (χ1n) is 11.2. The highest BCUT2D eigenvalue weighted by molar-refractivity contribution is 6.11. The normalized spacial score (nSPS) is 13.7. The van der Waals surface area contributed by atoms with Crippen LogP contribution < -0.4 is 15.4 Å². The summed E-state index contributed by atoms with van der Waals surface area (Å²) in [6.07, 6.45) is -0.886. The number of halogens is 3. The lowest BCUT2D eigenvalue weighted by Crippen LogP contribution is -2.31. The molecule has 0 fully saturated rings. The van der Waals surface area contributed by atoms with Gasteiger partial charge in [-0.15, -0.1) is 0 Å². The zero-order chi connectivity index (χ0) is 25.4. The second-order valence-electron chi connectivity index (χ2n) is 8.32. The van der Waals surface area contributed by atoms with Crippen LogP contribution in [0.15, 0.2) is 60.9 Å². The van der Waals surface area contributed by atoms with Crippen molar-refractivity contribution in [1.82, 2.24) is 9.97 Å². The van der Waals surface area contributed by atoms with Crippen LogP contribution in [0.3, 0.4) is 0 Å². The lowest BCUT2D eigenvalue weighted by molar-refractivity contribution is -0.139. The summed E-state index contributed by atoms with van der Waals surface area (Å²) in [5.41, 5.74) is 8.18. The maximum absolute atomic E-state index is 13.9. The van der Waals surface area contributed by atoms with E-state index in [0.29, 0.717) is 28.8 Å². The number of aliphatic hydroxyl groups excluding tert-OH is 1. The average molecular weight is 494 g/mol. The van der Waals surface area contributed by atoms with Crippen LogP contribution >= 0.6 is 0 Å². The zero-order valence-electron chi connectivity index (χ0n) is 18.9. The summed E-state index contributed by atoms with van der Waals surface area (Å²) < 4.78 is 46.7. The number of hydrogen-bond acceptors (Lipinski definition) is 6. The summed E-state index contributed by atoms with van der Waals surface area (Å²) in [6, 6.07) is 12.5. The summed E-state index contributed by atoms with van der Waals surface area (Å²) >= 11 is 0. The minimum absolute atomic E-state index is 0.0664. The topological polar surface area (TPSA) is 102 Å². The van der Waals surface area contributed by atoms with Crippen LogP contribution in [0.5, 0.6) is 5.75 Å². The lowest BCUT2D eigenvalue weighted by Gasteiger charge is -2.31. The number of alkyl halides is 3. The third-order valence-electron chi connectivity index (χ3n) is 5.99. The number of fused-ring (bicyclic) bond motifs is 3. The molecule has 0 saturated heterocycles. The van der Waals surface area contributed by atoms with Crippen LogP contribution in [0.2, 0.25) is 0 Å². The van der Waals surface area contributed by atoms with Crippen molar-refractivity contribution >= 4 is 34.0 Å². The van der Waals surface area contributed by atoms with E-state index < -0.39 is 24.1 Å². The molecule has 0 aliphatic carbocycles. The number of benzene rings is 2. The molecule has 3 heterocycles. The highest BCUT2D eigenvalue weighted by atomic mass is 19.4. The highest BCUT2D eigenvalue weighted by Gasteiger charge is 2.36. The van der Waals surface area contributed by atoms with Gasteiger partial charge >= 0.3 is 6.18 Å². The summed E-state index contributed by atoms with van der Waals surface area (Å²) in [4.78, 5) is 23.1. The van der Waals surface area contributed by atoms with Gasteiger partial charge in [-0.05, 0) is 60.0 Å². The molecule has 184 valence electrons. The van der Waals surface area contributed by atoms with Gasteiger partial charge in [-0.2, -0.15) is 13.2 Å². The Morgan fingerprint density at radius 1 is 1.00 bits per heavy atom. The molecule has 1 aliphatic rings. The monoisotopic (exact) mass is 494 g/mol. The number of nitrogens with zero attached hydrogens (tertiary/aromatic N) is 3. The smallest absolute Gasteiger partial charge is 0.420 e. The van der Waals surface area contributed by atoms with Gasteiger partial charge in [0.2, 0.25) is 5.91 Å². The Morgan fingerprint density at radius 2 is 1.81 bits per heavy atom. The number of hydrogen-bond donors (Lipinski definition) is 2. The predicted molar refractivity (Wildman–Crippen MR) is 129 cm³/mol. The summed E-state index contributed by atoms with van der Waals surface area (Å²) in [5.74, 6) is -0.364. The molecule has 2 aromatic carbocycles. The van der Waals surface area contributed by atoms with Gasteiger partial charge in [-0.3, -0.25) is 14.7 Å². The number of amides is 1. The quantitative estimate of drug-likeness (QED) is 0.410. The van der Waals surface area contributed by atoms with E-state index in [1.54, 1.807) is 24.5 Å². The Morgan fingerprint density at radius 3 is 2.53 bits per heavy atom. The maximum atomic E-state index is 13.9. The van der Waals surface area contributed by atoms with Gasteiger partial charge < -0.3 is 15.6 Å². The third-order valence-corrected chi connectivity index (χ3v) is 5.99. The third kappa shape index (κ3) is 4.31. The molecule has 0 saturated carbocycles. The van der Waals surface area contributed by atoms with E-state index in [4.69, 9.17) is 15.6 Å². The lowest BCUT2D eigenvalue weighted by atomic mass is 9.96. The molecule has 0 bridgehead atoms. The predicted octanol–water partition coefficient (Wildman–Crippen LogP) is 4.88. The van der Waals surface area contributed by atoms with Crippen molar-refractivity contribution < 1.29 is 27.8 Å². The Hall–Kier alpha value is -4.18. The fourth-order valence-corrected chi connectivity index (χ4v) is 4.33. The molecule has 7 nitrogen and oxygen atoms in total. The molecule has 2 aromatic heterocycles. The van der Waals surface area contributed by atoms with Crippen molar-refractivity contribution in [2.45, 2.75) is 19.0 Å². The first kappa shape index (κ1) is 23.6. The molecule has 36 heavy (non-hydrogen) atoms. The van der Waals surface area contributed by atoms with Gasteiger partial charge in [0, 0.05) is 35.5 Å².